The first-order valence-corrected chi connectivity index (χ1v) is 9.07. The van der Waals surface area contributed by atoms with Gasteiger partial charge in [-0.3, -0.25) is 0 Å². The molecule has 2 atom stereocenters. The summed E-state index contributed by atoms with van der Waals surface area (Å²) in [7, 11) is 0. The monoisotopic (exact) mass is 592 g/mol. The van der Waals surface area contributed by atoms with Crippen molar-refractivity contribution in [2.45, 2.75) is 35.5 Å². The zero-order valence-corrected chi connectivity index (χ0v) is 17.1. The van der Waals surface area contributed by atoms with Crippen LogP contribution in [-0.2, 0) is 5.41 Å². The van der Waals surface area contributed by atoms with Crippen LogP contribution in [0.5, 0.6) is 0 Å². The van der Waals surface area contributed by atoms with Gasteiger partial charge in [-0.15, -0.1) is 0 Å². The predicted octanol–water partition coefficient (Wildman–Crippen LogP) is 7.29. The van der Waals surface area contributed by atoms with E-state index in [2.05, 4.69) is 0 Å². The molecule has 0 aliphatic heterocycles. The zero-order valence-electron chi connectivity index (χ0n) is 14.9. The van der Waals surface area contributed by atoms with Crippen LogP contribution < -0.4 is 0 Å². The Hall–Kier alpha value is -1.92. The van der Waals surface area contributed by atoms with Gasteiger partial charge in [0, 0.05) is 12.0 Å². The second-order valence-electron chi connectivity index (χ2n) is 6.53. The third-order valence-electron chi connectivity index (χ3n) is 4.61. The number of hydrogen-bond donors (Lipinski definition) is 0. The van der Waals surface area contributed by atoms with Crippen LogP contribution in [0.3, 0.4) is 0 Å². The molecule has 0 heterocycles. The molecule has 1 aromatic rings. The number of nitrogens with zero attached hydrogens (tertiary/aromatic N) is 1. The molecule has 2 rings (SSSR count). The van der Waals surface area contributed by atoms with Gasteiger partial charge in [-0.2, -0.15) is 53.6 Å². The number of halogens is 13. The molecular formula is C18H7F12IN. The molecule has 1 aromatic carbocycles. The van der Waals surface area contributed by atoms with Crippen LogP contribution in [0, 0.1) is 17.8 Å². The Bertz CT molecular complexity index is 995. The molecule has 0 saturated heterocycles. The first kappa shape index (κ1) is 26.3. The van der Waals surface area contributed by atoms with Crippen molar-refractivity contribution < 1.29 is 52.7 Å². The van der Waals surface area contributed by atoms with Gasteiger partial charge in [0.25, 0.3) is 5.67 Å². The van der Waals surface area contributed by atoms with Gasteiger partial charge in [-0.25, -0.2) is 4.39 Å². The fourth-order valence-electron chi connectivity index (χ4n) is 3.25. The smallest absolute Gasteiger partial charge is 0.225 e. The second-order valence-corrected chi connectivity index (χ2v) is 7.77. The highest BCUT2D eigenvalue weighted by Gasteiger charge is 2.87. The maximum Gasteiger partial charge on any atom is 0.457 e. The molecule has 14 heteroatoms. The van der Waals surface area contributed by atoms with Gasteiger partial charge in [-0.1, -0.05) is 30.4 Å². The molecule has 0 bridgehead atoms. The van der Waals surface area contributed by atoms with E-state index in [1.54, 1.807) is 0 Å². The number of hydrogen-bond acceptors (Lipinski definition) is 1. The van der Waals surface area contributed by atoms with Gasteiger partial charge in [0.05, 0.1) is 17.0 Å². The average molecular weight is 592 g/mol. The number of nitriles is 1. The van der Waals surface area contributed by atoms with Crippen molar-refractivity contribution in [1.29, 1.82) is 5.26 Å². The summed E-state index contributed by atoms with van der Waals surface area (Å²) >= 11 is 0.927. The van der Waals surface area contributed by atoms with E-state index in [4.69, 9.17) is 5.26 Å². The lowest BCUT2D eigenvalue weighted by Gasteiger charge is -2.48. The molecule has 1 aliphatic rings. The van der Waals surface area contributed by atoms with E-state index in [0.29, 0.717) is 12.1 Å². The van der Waals surface area contributed by atoms with E-state index in [0.717, 1.165) is 34.7 Å². The summed E-state index contributed by atoms with van der Waals surface area (Å²) in [6.45, 7) is 0. The molecule has 1 radical (unpaired) electrons. The Balaban J connectivity index is 3.21. The van der Waals surface area contributed by atoms with Crippen LogP contribution in [0.4, 0.5) is 52.7 Å². The summed E-state index contributed by atoms with van der Waals surface area (Å²) < 4.78 is 164. The molecule has 0 saturated carbocycles. The summed E-state index contributed by atoms with van der Waals surface area (Å²) in [6, 6.07) is 3.90. The fraction of sp³-hybridized carbons (Fsp3) is 0.333. The van der Waals surface area contributed by atoms with Crippen molar-refractivity contribution in [3.8, 4) is 6.07 Å². The third kappa shape index (κ3) is 3.86. The lowest BCUT2D eigenvalue weighted by atomic mass is 9.61. The Morgan fingerprint density at radius 1 is 0.781 bits per heavy atom. The molecule has 0 aromatic heterocycles. The third-order valence-corrected chi connectivity index (χ3v) is 5.23. The summed E-state index contributed by atoms with van der Waals surface area (Å²) in [5, 5.41) is 9.15. The van der Waals surface area contributed by atoms with Crippen LogP contribution in [0.1, 0.15) is 11.1 Å². The first-order valence-electron chi connectivity index (χ1n) is 7.99. The Morgan fingerprint density at radius 2 is 1.31 bits per heavy atom. The second kappa shape index (κ2) is 7.84. The molecular weight excluding hydrogens is 585 g/mol. The van der Waals surface area contributed by atoms with Crippen LogP contribution in [0.15, 0.2) is 45.6 Å². The summed E-state index contributed by atoms with van der Waals surface area (Å²) in [5.41, 5.74) is -15.7. The standard InChI is InChI=1S/C18H7F12IN/c19-14(20,21)10-5-11(31)7-13(6-10,12-4-2-1-3-9(12)8-32)15(22,17(25,26)27)16(23,24)18(28,29)30/h1-7H. The molecule has 0 fully saturated rings. The minimum atomic E-state index is -7.24. The Labute approximate surface area is 185 Å². The topological polar surface area (TPSA) is 23.8 Å². The van der Waals surface area contributed by atoms with Crippen molar-refractivity contribution in [2.75, 3.05) is 0 Å². The van der Waals surface area contributed by atoms with E-state index >= 15 is 4.39 Å². The van der Waals surface area contributed by atoms with Crippen molar-refractivity contribution in [3.05, 3.63) is 63.1 Å². The van der Waals surface area contributed by atoms with Crippen LogP contribution in [0.2, 0.25) is 0 Å². The minimum absolute atomic E-state index is 0.133. The van der Waals surface area contributed by atoms with Crippen molar-refractivity contribution in [1.82, 2.24) is 0 Å². The lowest BCUT2D eigenvalue weighted by molar-refractivity contribution is -0.392. The maximum atomic E-state index is 15.7. The molecule has 2 unspecified atom stereocenters. The van der Waals surface area contributed by atoms with Crippen molar-refractivity contribution in [3.63, 3.8) is 0 Å². The molecule has 175 valence electrons. The van der Waals surface area contributed by atoms with Gasteiger partial charge in [0.15, 0.2) is 0 Å². The quantitative estimate of drug-likeness (QED) is 0.267. The van der Waals surface area contributed by atoms with Crippen molar-refractivity contribution in [2.24, 2.45) is 0 Å². The van der Waals surface area contributed by atoms with Gasteiger partial charge < -0.3 is 0 Å². The van der Waals surface area contributed by atoms with E-state index in [-0.39, 0.29) is 12.5 Å². The lowest BCUT2D eigenvalue weighted by Crippen LogP contribution is -2.71. The summed E-state index contributed by atoms with van der Waals surface area (Å²) in [4.78, 5) is 0. The number of allylic oxidation sites excluding steroid dienone is 4. The SMILES string of the molecule is N#Cc1ccccc1C1(C(F)(C(F)(F)F)C(F)(F)C(F)(F)F)C=C(I)[CH]C(C(F)(F)F)=C1. The number of rotatable bonds is 3. The Kier molecular flexibility index (Phi) is 6.45. The highest BCUT2D eigenvalue weighted by molar-refractivity contribution is 14.1. The fourth-order valence-corrected chi connectivity index (χ4v) is 4.08. The molecule has 32 heavy (non-hydrogen) atoms. The predicted molar refractivity (Wildman–Crippen MR) is 94.3 cm³/mol. The van der Waals surface area contributed by atoms with Crippen molar-refractivity contribution >= 4 is 22.6 Å². The molecule has 0 N–H and O–H groups in total. The van der Waals surface area contributed by atoms with Crippen LogP contribution in [0.25, 0.3) is 0 Å². The molecule has 0 amide bonds. The van der Waals surface area contributed by atoms with E-state index in [1.165, 1.54) is 6.07 Å². The first-order chi connectivity index (χ1) is 14.3. The number of alkyl halides is 12. The van der Waals surface area contributed by atoms with Gasteiger partial charge in [-0.05, 0) is 37.8 Å². The molecule has 1 nitrogen and oxygen atoms in total. The largest absolute Gasteiger partial charge is 0.457 e. The molecule has 1 aliphatic carbocycles. The van der Waals surface area contributed by atoms with Gasteiger partial charge >= 0.3 is 24.5 Å². The van der Waals surface area contributed by atoms with E-state index in [9.17, 15) is 48.3 Å². The minimum Gasteiger partial charge on any atom is -0.225 e. The highest BCUT2D eigenvalue weighted by Crippen LogP contribution is 2.64. The maximum absolute atomic E-state index is 15.7. The average Bonchev–Trinajstić information content (AvgIpc) is 2.63. The normalized spacial score (nSPS) is 22.5. The van der Waals surface area contributed by atoms with E-state index < -0.39 is 61.9 Å². The Morgan fingerprint density at radius 3 is 1.75 bits per heavy atom. The van der Waals surface area contributed by atoms with Crippen LogP contribution >= 0.6 is 22.6 Å². The van der Waals surface area contributed by atoms with Crippen LogP contribution in [-0.4, -0.2) is 30.1 Å². The van der Waals surface area contributed by atoms with Gasteiger partial charge in [0.2, 0.25) is 0 Å². The summed E-state index contributed by atoms with van der Waals surface area (Å²) in [5.74, 6) is -7.24. The van der Waals surface area contributed by atoms with Gasteiger partial charge in [0.1, 0.15) is 0 Å². The summed E-state index contributed by atoms with van der Waals surface area (Å²) in [6.07, 6.45) is -20.5. The van der Waals surface area contributed by atoms with E-state index in [1.807, 2.05) is 0 Å². The number of benzene rings is 1. The molecule has 0 spiro atoms. The highest BCUT2D eigenvalue weighted by atomic mass is 127. The zero-order chi connectivity index (χ0) is 25.0.